The summed E-state index contributed by atoms with van der Waals surface area (Å²) in [5.74, 6) is 0.565. The van der Waals surface area contributed by atoms with Gasteiger partial charge < -0.3 is 0 Å². The lowest BCUT2D eigenvalue weighted by molar-refractivity contribution is -0.696. The minimum atomic E-state index is 0.282. The van der Waals surface area contributed by atoms with Crippen LogP contribution in [-0.4, -0.2) is 11.6 Å². The van der Waals surface area contributed by atoms with E-state index in [4.69, 9.17) is 0 Å². The third-order valence-electron chi connectivity index (χ3n) is 5.38. The van der Waals surface area contributed by atoms with Crippen molar-refractivity contribution in [1.29, 1.82) is 0 Å². The van der Waals surface area contributed by atoms with Gasteiger partial charge in [0.25, 0.3) is 0 Å². The van der Waals surface area contributed by atoms with Crippen LogP contribution in [0.25, 0.3) is 0 Å². The Hall–Kier alpha value is -2.36. The van der Waals surface area contributed by atoms with Gasteiger partial charge in [0, 0.05) is 64.8 Å². The Bertz CT molecular complexity index is 717. The first-order valence-corrected chi connectivity index (χ1v) is 10.3. The number of unbranched alkanes of at least 4 members (excludes halogenated alkanes) is 3. The van der Waals surface area contributed by atoms with Gasteiger partial charge in [0.15, 0.2) is 34.3 Å². The lowest BCUT2D eigenvalue weighted by atomic mass is 10.1. The van der Waals surface area contributed by atoms with Gasteiger partial charge in [-0.3, -0.25) is 9.59 Å². The Morgan fingerprint density at radius 1 is 0.607 bits per heavy atom. The molecule has 0 saturated carbocycles. The molecule has 0 amide bonds. The molecule has 0 bridgehead atoms. The fourth-order valence-corrected chi connectivity index (χ4v) is 3.58. The van der Waals surface area contributed by atoms with Crippen molar-refractivity contribution in [3.8, 4) is 0 Å². The van der Waals surface area contributed by atoms with Gasteiger partial charge in [-0.1, -0.05) is 12.8 Å². The van der Waals surface area contributed by atoms with Crippen molar-refractivity contribution in [3.63, 3.8) is 0 Å². The van der Waals surface area contributed by atoms with E-state index in [9.17, 15) is 9.59 Å². The molecule has 2 aromatic rings. The number of aryl methyl sites for hydroxylation is 4. The fourth-order valence-electron chi connectivity index (χ4n) is 3.58. The second kappa shape index (κ2) is 10.8. The monoisotopic (exact) mass is 382 g/mol. The van der Waals surface area contributed by atoms with Crippen LogP contribution in [0.1, 0.15) is 61.3 Å². The van der Waals surface area contributed by atoms with Crippen LogP contribution < -0.4 is 9.13 Å². The lowest BCUT2D eigenvalue weighted by Crippen LogP contribution is -2.43. The topological polar surface area (TPSA) is 41.9 Å². The number of hydrogen-bond donors (Lipinski definition) is 0. The van der Waals surface area contributed by atoms with Gasteiger partial charge in [-0.05, 0) is 25.0 Å². The number of ketones is 2. The highest BCUT2D eigenvalue weighted by molar-refractivity contribution is 5.77. The molecule has 0 atom stereocenters. The first-order chi connectivity index (χ1) is 13.4. The molecule has 0 N–H and O–H groups in total. The molecule has 2 rings (SSSR count). The van der Waals surface area contributed by atoms with E-state index >= 15 is 0 Å². The van der Waals surface area contributed by atoms with Crippen molar-refractivity contribution in [2.24, 2.45) is 0 Å². The highest BCUT2D eigenvalue weighted by Crippen LogP contribution is 2.07. The molecule has 4 heteroatoms. The largest absolute Gasteiger partial charge is 0.293 e. The lowest BCUT2D eigenvalue weighted by Gasteiger charge is -2.04. The normalized spacial score (nSPS) is 10.9. The first kappa shape index (κ1) is 21.9. The minimum Gasteiger partial charge on any atom is -0.293 e. The Balaban J connectivity index is 1.63. The zero-order chi connectivity index (χ0) is 20.5. The molecule has 0 fully saturated rings. The van der Waals surface area contributed by atoms with Crippen molar-refractivity contribution in [2.75, 3.05) is 0 Å². The van der Waals surface area contributed by atoms with E-state index in [1.54, 1.807) is 0 Å². The fraction of sp³-hybridized carbons (Fsp3) is 0.500. The Morgan fingerprint density at radius 3 is 1.25 bits per heavy atom. The maximum Gasteiger partial charge on any atom is 0.206 e. The van der Waals surface area contributed by atoms with Gasteiger partial charge in [-0.15, -0.1) is 0 Å². The summed E-state index contributed by atoms with van der Waals surface area (Å²) in [6.45, 7) is 9.07. The van der Waals surface area contributed by atoms with Crippen molar-refractivity contribution in [1.82, 2.24) is 0 Å². The summed E-state index contributed by atoms with van der Waals surface area (Å²) in [4.78, 5) is 24.5. The van der Waals surface area contributed by atoms with Crippen LogP contribution in [0, 0.1) is 27.7 Å². The number of aromatic nitrogens is 2. The summed E-state index contributed by atoms with van der Waals surface area (Å²) < 4.78 is 4.15. The van der Waals surface area contributed by atoms with Gasteiger partial charge in [-0.2, -0.15) is 9.13 Å². The Kier molecular flexibility index (Phi) is 8.49. The molecule has 28 heavy (non-hydrogen) atoms. The molecule has 2 heterocycles. The molecule has 150 valence electrons. The smallest absolute Gasteiger partial charge is 0.206 e. The van der Waals surface area contributed by atoms with Crippen LogP contribution in [0.2, 0.25) is 0 Å². The average molecular weight is 383 g/mol. The molecular formula is C24H34N2O2+2. The number of Topliss-reactive ketones (excluding diaryl/α,β-unsaturated/α-hetero) is 2. The number of carbonyl (C=O) groups excluding carboxylic acids is 2. The summed E-state index contributed by atoms with van der Waals surface area (Å²) in [6, 6.07) is 12.2. The summed E-state index contributed by atoms with van der Waals surface area (Å²) in [7, 11) is 0. The highest BCUT2D eigenvalue weighted by Gasteiger charge is 2.16. The van der Waals surface area contributed by atoms with Gasteiger partial charge in [0.1, 0.15) is 0 Å². The second-order valence-corrected chi connectivity index (χ2v) is 7.78. The first-order valence-electron chi connectivity index (χ1n) is 10.3. The predicted molar refractivity (Wildman–Crippen MR) is 110 cm³/mol. The van der Waals surface area contributed by atoms with E-state index in [0.29, 0.717) is 25.9 Å². The van der Waals surface area contributed by atoms with Gasteiger partial charge in [-0.25, -0.2) is 0 Å². The summed E-state index contributed by atoms with van der Waals surface area (Å²) in [6.07, 6.45) is 5.06. The Labute approximate surface area is 169 Å². The Morgan fingerprint density at radius 2 is 0.929 bits per heavy atom. The highest BCUT2D eigenvalue weighted by atomic mass is 16.1. The van der Waals surface area contributed by atoms with Gasteiger partial charge in [0.05, 0.1) is 0 Å². The van der Waals surface area contributed by atoms with Crippen LogP contribution >= 0.6 is 0 Å². The maximum atomic E-state index is 12.2. The third-order valence-corrected chi connectivity index (χ3v) is 5.38. The van der Waals surface area contributed by atoms with Crippen molar-refractivity contribution < 1.29 is 18.7 Å². The maximum absolute atomic E-state index is 12.2. The molecule has 0 aromatic carbocycles. The number of pyridine rings is 2. The molecular weight excluding hydrogens is 348 g/mol. The molecule has 0 radical (unpaired) electrons. The second-order valence-electron chi connectivity index (χ2n) is 7.78. The number of nitrogens with zero attached hydrogens (tertiary/aromatic N) is 2. The van der Waals surface area contributed by atoms with E-state index in [1.165, 1.54) is 0 Å². The molecule has 0 aliphatic carbocycles. The third kappa shape index (κ3) is 6.66. The molecule has 0 aliphatic heterocycles. The van der Waals surface area contributed by atoms with E-state index in [-0.39, 0.29) is 11.6 Å². The van der Waals surface area contributed by atoms with Gasteiger partial charge in [0.2, 0.25) is 13.1 Å². The van der Waals surface area contributed by atoms with Crippen molar-refractivity contribution >= 4 is 11.6 Å². The number of carbonyl (C=O) groups is 2. The summed E-state index contributed by atoms with van der Waals surface area (Å²) in [5, 5.41) is 0. The minimum absolute atomic E-state index is 0.282. The van der Waals surface area contributed by atoms with Crippen LogP contribution in [0.4, 0.5) is 0 Å². The zero-order valence-corrected chi connectivity index (χ0v) is 17.8. The van der Waals surface area contributed by atoms with E-state index < -0.39 is 0 Å². The van der Waals surface area contributed by atoms with Gasteiger partial charge >= 0.3 is 0 Å². The standard InChI is InChI=1S/C24H34N2O2/c1-19-11-9-12-20(2)25(19)17-23(27)15-7-5-6-8-16-24(28)18-26-21(3)13-10-14-22(26)4/h9-14H,5-8,15-18H2,1-4H3/q+2. The van der Waals surface area contributed by atoms with Crippen LogP contribution in [0.15, 0.2) is 36.4 Å². The molecule has 0 unspecified atom stereocenters. The van der Waals surface area contributed by atoms with Crippen LogP contribution in [0.3, 0.4) is 0 Å². The van der Waals surface area contributed by atoms with Crippen molar-refractivity contribution in [3.05, 3.63) is 59.2 Å². The molecule has 2 aromatic heterocycles. The SMILES string of the molecule is Cc1cccc(C)[n+]1CC(=O)CCCCCCC(=O)C[n+]1c(C)cccc1C. The van der Waals surface area contributed by atoms with Crippen LogP contribution in [0.5, 0.6) is 0 Å². The number of hydrogen-bond acceptors (Lipinski definition) is 2. The molecule has 4 nitrogen and oxygen atoms in total. The molecule has 0 aliphatic rings. The molecule has 0 spiro atoms. The van der Waals surface area contributed by atoms with E-state index in [2.05, 4.69) is 9.13 Å². The molecule has 0 saturated heterocycles. The zero-order valence-electron chi connectivity index (χ0n) is 17.8. The quantitative estimate of drug-likeness (QED) is 0.439. The van der Waals surface area contributed by atoms with Crippen molar-refractivity contribution in [2.45, 2.75) is 79.3 Å². The number of rotatable bonds is 11. The summed E-state index contributed by atoms with van der Waals surface area (Å²) >= 11 is 0. The average Bonchev–Trinajstić information content (AvgIpc) is 2.64. The van der Waals surface area contributed by atoms with Crippen LogP contribution in [-0.2, 0) is 22.7 Å². The van der Waals surface area contributed by atoms with E-state index in [0.717, 1.165) is 48.5 Å². The van der Waals surface area contributed by atoms with E-state index in [1.807, 2.05) is 64.1 Å². The predicted octanol–water partition coefficient (Wildman–Crippen LogP) is 3.67. The summed E-state index contributed by atoms with van der Waals surface area (Å²) in [5.41, 5.74) is 4.48.